The lowest BCUT2D eigenvalue weighted by Gasteiger charge is -2.34. The Morgan fingerprint density at radius 2 is 1.74 bits per heavy atom. The lowest BCUT2D eigenvalue weighted by molar-refractivity contribution is 0.0615. The van der Waals surface area contributed by atoms with Gasteiger partial charge in [0.05, 0.1) is 6.61 Å². The number of anilines is 1. The molecule has 0 saturated carbocycles. The Morgan fingerprint density at radius 1 is 1.16 bits per heavy atom. The topological polar surface area (TPSA) is 69.8 Å². The van der Waals surface area contributed by atoms with Gasteiger partial charge in [0.2, 0.25) is 0 Å². The van der Waals surface area contributed by atoms with Crippen LogP contribution < -0.4 is 5.73 Å². The molecule has 0 unspecified atom stereocenters. The molecule has 0 bridgehead atoms. The summed E-state index contributed by atoms with van der Waals surface area (Å²) in [5.41, 5.74) is 6.95. The maximum absolute atomic E-state index is 12.2. The Hall–Kier alpha value is -1.30. The molecule has 1 heterocycles. The Balaban J connectivity index is 0.00000180. The predicted molar refractivity (Wildman–Crippen MR) is 77.5 cm³/mol. The van der Waals surface area contributed by atoms with E-state index in [0.717, 1.165) is 13.1 Å². The van der Waals surface area contributed by atoms with Crippen LogP contribution in [0.2, 0.25) is 0 Å². The first-order chi connectivity index (χ1) is 8.70. The zero-order valence-electron chi connectivity index (χ0n) is 10.8. The summed E-state index contributed by atoms with van der Waals surface area (Å²) in [5, 5.41) is 8.86. The van der Waals surface area contributed by atoms with Gasteiger partial charge < -0.3 is 15.7 Å². The number of nitrogen functional groups attached to an aromatic ring is 1. The Kier molecular flexibility index (Phi) is 6.08. The second-order valence-electron chi connectivity index (χ2n) is 4.48. The maximum Gasteiger partial charge on any atom is 0.253 e. The average Bonchev–Trinajstić information content (AvgIpc) is 2.40. The Bertz CT molecular complexity index is 403. The third-order valence-electron chi connectivity index (χ3n) is 3.23. The van der Waals surface area contributed by atoms with Crippen LogP contribution in [0.3, 0.4) is 0 Å². The van der Waals surface area contributed by atoms with Crippen LogP contribution in [0.5, 0.6) is 0 Å². The number of β-amino-alcohol motifs (C(OH)–C–C–N with tert-alkyl or cyclic N) is 1. The van der Waals surface area contributed by atoms with E-state index in [1.54, 1.807) is 24.3 Å². The van der Waals surface area contributed by atoms with E-state index in [1.165, 1.54) is 0 Å². The number of carbonyl (C=O) groups excluding carboxylic acids is 1. The molecule has 106 valence electrons. The van der Waals surface area contributed by atoms with Gasteiger partial charge in [-0.25, -0.2) is 0 Å². The smallest absolute Gasteiger partial charge is 0.253 e. The number of hydrogen-bond donors (Lipinski definition) is 2. The largest absolute Gasteiger partial charge is 0.399 e. The molecule has 19 heavy (non-hydrogen) atoms. The summed E-state index contributed by atoms with van der Waals surface area (Å²) in [6.07, 6.45) is 0. The van der Waals surface area contributed by atoms with Crippen molar-refractivity contribution in [1.82, 2.24) is 9.80 Å². The number of hydrogen-bond acceptors (Lipinski definition) is 4. The molecular weight excluding hydrogens is 266 g/mol. The number of amides is 1. The van der Waals surface area contributed by atoms with Crippen molar-refractivity contribution in [2.24, 2.45) is 0 Å². The number of nitrogens with zero attached hydrogens (tertiary/aromatic N) is 2. The van der Waals surface area contributed by atoms with Crippen LogP contribution >= 0.6 is 12.4 Å². The monoisotopic (exact) mass is 285 g/mol. The van der Waals surface area contributed by atoms with Gasteiger partial charge >= 0.3 is 0 Å². The van der Waals surface area contributed by atoms with E-state index in [9.17, 15) is 4.79 Å². The van der Waals surface area contributed by atoms with Crippen molar-refractivity contribution in [2.75, 3.05) is 45.1 Å². The van der Waals surface area contributed by atoms with E-state index in [4.69, 9.17) is 10.8 Å². The zero-order chi connectivity index (χ0) is 13.0. The molecule has 0 aromatic heterocycles. The minimum absolute atomic E-state index is 0. The van der Waals surface area contributed by atoms with Gasteiger partial charge in [-0.3, -0.25) is 9.69 Å². The normalized spacial score (nSPS) is 15.9. The molecular formula is C13H20ClN3O2. The molecule has 3 N–H and O–H groups in total. The Morgan fingerprint density at radius 3 is 2.26 bits per heavy atom. The highest BCUT2D eigenvalue weighted by Crippen LogP contribution is 2.10. The van der Waals surface area contributed by atoms with Gasteiger partial charge in [-0.15, -0.1) is 12.4 Å². The van der Waals surface area contributed by atoms with E-state index in [0.29, 0.717) is 30.9 Å². The highest BCUT2D eigenvalue weighted by molar-refractivity contribution is 5.94. The molecule has 0 radical (unpaired) electrons. The van der Waals surface area contributed by atoms with Crippen molar-refractivity contribution >= 4 is 24.0 Å². The summed E-state index contributed by atoms with van der Waals surface area (Å²) in [6.45, 7) is 3.92. The standard InChI is InChI=1S/C13H19N3O2.ClH/c14-12-3-1-11(2-4-12)13(18)16-7-5-15(6-8-16)9-10-17;/h1-4,17H,5-10,14H2;1H. The van der Waals surface area contributed by atoms with Crippen molar-refractivity contribution in [3.8, 4) is 0 Å². The summed E-state index contributed by atoms with van der Waals surface area (Å²) >= 11 is 0. The number of carbonyl (C=O) groups is 1. The van der Waals surface area contributed by atoms with Gasteiger partial charge in [-0.2, -0.15) is 0 Å². The van der Waals surface area contributed by atoms with Crippen LogP contribution in [0.25, 0.3) is 0 Å². The lowest BCUT2D eigenvalue weighted by Crippen LogP contribution is -2.49. The van der Waals surface area contributed by atoms with Crippen molar-refractivity contribution in [3.05, 3.63) is 29.8 Å². The molecule has 0 spiro atoms. The number of aliphatic hydroxyl groups is 1. The molecule has 6 heteroatoms. The van der Waals surface area contributed by atoms with Gasteiger partial charge in [0.1, 0.15) is 0 Å². The molecule has 1 aliphatic heterocycles. The lowest BCUT2D eigenvalue weighted by atomic mass is 10.1. The molecule has 1 aromatic carbocycles. The minimum atomic E-state index is 0. The van der Waals surface area contributed by atoms with Crippen LogP contribution in [0.15, 0.2) is 24.3 Å². The summed E-state index contributed by atoms with van der Waals surface area (Å²) in [6, 6.07) is 7.01. The second-order valence-corrected chi connectivity index (χ2v) is 4.48. The fourth-order valence-corrected chi connectivity index (χ4v) is 2.12. The number of aliphatic hydroxyl groups excluding tert-OH is 1. The van der Waals surface area contributed by atoms with Crippen molar-refractivity contribution in [2.45, 2.75) is 0 Å². The van der Waals surface area contributed by atoms with Crippen LogP contribution in [0.1, 0.15) is 10.4 Å². The molecule has 1 saturated heterocycles. The first-order valence-electron chi connectivity index (χ1n) is 6.19. The fourth-order valence-electron chi connectivity index (χ4n) is 2.12. The molecule has 1 aliphatic rings. The molecule has 0 atom stereocenters. The highest BCUT2D eigenvalue weighted by Gasteiger charge is 2.21. The second kappa shape index (κ2) is 7.33. The van der Waals surface area contributed by atoms with Gasteiger partial charge in [0.15, 0.2) is 0 Å². The number of piperazine rings is 1. The average molecular weight is 286 g/mol. The minimum Gasteiger partial charge on any atom is -0.399 e. The van der Waals surface area contributed by atoms with Gasteiger partial charge in [-0.05, 0) is 24.3 Å². The van der Waals surface area contributed by atoms with Crippen LogP contribution in [-0.4, -0.2) is 60.1 Å². The highest BCUT2D eigenvalue weighted by atomic mass is 35.5. The summed E-state index contributed by atoms with van der Waals surface area (Å²) < 4.78 is 0. The van der Waals surface area contributed by atoms with E-state index in [2.05, 4.69) is 4.90 Å². The summed E-state index contributed by atoms with van der Waals surface area (Å²) in [7, 11) is 0. The SMILES string of the molecule is Cl.Nc1ccc(C(=O)N2CCN(CCO)CC2)cc1. The molecule has 1 aromatic rings. The van der Waals surface area contributed by atoms with E-state index in [-0.39, 0.29) is 24.9 Å². The Labute approximate surface area is 119 Å². The first-order valence-corrected chi connectivity index (χ1v) is 6.19. The molecule has 5 nitrogen and oxygen atoms in total. The van der Waals surface area contributed by atoms with E-state index >= 15 is 0 Å². The van der Waals surface area contributed by atoms with Crippen molar-refractivity contribution in [3.63, 3.8) is 0 Å². The fraction of sp³-hybridized carbons (Fsp3) is 0.462. The third-order valence-corrected chi connectivity index (χ3v) is 3.23. The van der Waals surface area contributed by atoms with E-state index < -0.39 is 0 Å². The van der Waals surface area contributed by atoms with Crippen LogP contribution in [0.4, 0.5) is 5.69 Å². The van der Waals surface area contributed by atoms with Gasteiger partial charge in [-0.1, -0.05) is 0 Å². The van der Waals surface area contributed by atoms with E-state index in [1.807, 2.05) is 4.90 Å². The zero-order valence-corrected chi connectivity index (χ0v) is 11.6. The summed E-state index contributed by atoms with van der Waals surface area (Å²) in [4.78, 5) is 16.2. The molecule has 1 amide bonds. The number of halogens is 1. The summed E-state index contributed by atoms with van der Waals surface area (Å²) in [5.74, 6) is 0.0543. The third kappa shape index (κ3) is 4.09. The first kappa shape index (κ1) is 15.8. The van der Waals surface area contributed by atoms with Crippen molar-refractivity contribution in [1.29, 1.82) is 0 Å². The number of nitrogens with two attached hydrogens (primary N) is 1. The molecule has 1 fully saturated rings. The quantitative estimate of drug-likeness (QED) is 0.791. The van der Waals surface area contributed by atoms with Gasteiger partial charge in [0.25, 0.3) is 5.91 Å². The van der Waals surface area contributed by atoms with Crippen molar-refractivity contribution < 1.29 is 9.90 Å². The molecule has 0 aliphatic carbocycles. The number of rotatable bonds is 3. The number of benzene rings is 1. The molecule has 2 rings (SSSR count). The maximum atomic E-state index is 12.2. The van der Waals surface area contributed by atoms with Gasteiger partial charge in [0, 0.05) is 44.0 Å². The predicted octanol–water partition coefficient (Wildman–Crippen LogP) is 0.441. The van der Waals surface area contributed by atoms with Crippen LogP contribution in [0, 0.1) is 0 Å². The van der Waals surface area contributed by atoms with Crippen LogP contribution in [-0.2, 0) is 0 Å².